The van der Waals surface area contributed by atoms with Crippen LogP contribution in [0.1, 0.15) is 16.7 Å². The Bertz CT molecular complexity index is 1990. The summed E-state index contributed by atoms with van der Waals surface area (Å²) in [5, 5.41) is 0. The van der Waals surface area contributed by atoms with E-state index < -0.39 is 34.1 Å². The van der Waals surface area contributed by atoms with Gasteiger partial charge in [-0.05, 0) is 16.7 Å². The normalized spacial score (nSPS) is 16.4. The first-order valence-corrected chi connectivity index (χ1v) is 18.4. The van der Waals surface area contributed by atoms with Crippen molar-refractivity contribution in [1.82, 2.24) is 42.1 Å². The quantitative estimate of drug-likeness (QED) is 0.234. The number of benzene rings is 3. The summed E-state index contributed by atoms with van der Waals surface area (Å²) in [5.41, 5.74) is -1.23. The van der Waals surface area contributed by atoms with Crippen LogP contribution in [0.2, 0.25) is 0 Å². The first-order chi connectivity index (χ1) is 26.3. The van der Waals surface area contributed by atoms with E-state index in [0.717, 1.165) is 44.1 Å². The molecule has 0 saturated carbocycles. The molecule has 3 aromatic carbocycles. The molecule has 15 heteroatoms. The topological polar surface area (TPSA) is 142 Å². The Hall–Kier alpha value is -5.64. The molecule has 0 amide bonds. The van der Waals surface area contributed by atoms with Crippen molar-refractivity contribution in [3.8, 4) is 0 Å². The lowest BCUT2D eigenvalue weighted by atomic mass is 10.2. The molecule has 15 nitrogen and oxygen atoms in total. The summed E-state index contributed by atoms with van der Waals surface area (Å²) in [6, 6.07) is 28.9. The van der Waals surface area contributed by atoms with Crippen molar-refractivity contribution < 1.29 is 0 Å². The van der Waals surface area contributed by atoms with E-state index in [2.05, 4.69) is 0 Å². The third kappa shape index (κ3) is 8.12. The third-order valence-electron chi connectivity index (χ3n) is 10.4. The van der Waals surface area contributed by atoms with Crippen molar-refractivity contribution in [1.29, 1.82) is 0 Å². The number of hydrogen-bond donors (Lipinski definition) is 0. The maximum Gasteiger partial charge on any atom is 0.336 e. The second kappa shape index (κ2) is 16.6. The van der Waals surface area contributed by atoms with Gasteiger partial charge in [-0.15, -0.1) is 0 Å². The molecule has 3 aliphatic heterocycles. The number of rotatable bonds is 6. The monoisotopic (exact) mass is 735 g/mol. The summed E-state index contributed by atoms with van der Waals surface area (Å²) in [7, 11) is 0. The fourth-order valence-corrected chi connectivity index (χ4v) is 7.30. The Morgan fingerprint density at radius 1 is 0.278 bits per heavy atom. The summed E-state index contributed by atoms with van der Waals surface area (Å²) >= 11 is 0. The summed E-state index contributed by atoms with van der Waals surface area (Å²) in [4.78, 5) is 90.7. The van der Waals surface area contributed by atoms with Crippen LogP contribution in [0.5, 0.6) is 0 Å². The molecule has 3 aliphatic rings. The molecule has 5 aromatic rings. The van der Waals surface area contributed by atoms with Gasteiger partial charge in [0.05, 0.1) is 0 Å². The predicted octanol–water partition coefficient (Wildman–Crippen LogP) is -0.109. The summed E-state index contributed by atoms with van der Waals surface area (Å²) in [5.74, 6) is 0. The van der Waals surface area contributed by atoms with Crippen molar-refractivity contribution in [2.75, 3.05) is 39.3 Å². The van der Waals surface area contributed by atoms with Gasteiger partial charge in [0.1, 0.15) is 0 Å². The number of aromatic nitrogens is 6. The van der Waals surface area contributed by atoms with Gasteiger partial charge in [0.2, 0.25) is 0 Å². The van der Waals surface area contributed by atoms with Crippen LogP contribution in [0, 0.1) is 0 Å². The van der Waals surface area contributed by atoms with Crippen LogP contribution >= 0.6 is 0 Å². The van der Waals surface area contributed by atoms with E-state index in [0.29, 0.717) is 19.6 Å². The average Bonchev–Trinajstić information content (AvgIpc) is 3.17. The molecule has 6 bridgehead atoms. The minimum Gasteiger partial charge on any atom is -0.296 e. The van der Waals surface area contributed by atoms with Crippen molar-refractivity contribution >= 4 is 0 Å². The van der Waals surface area contributed by atoms with Crippen LogP contribution in [-0.2, 0) is 58.9 Å². The van der Waals surface area contributed by atoms with Gasteiger partial charge in [0.15, 0.2) is 0 Å². The van der Waals surface area contributed by atoms with E-state index in [1.54, 1.807) is 0 Å². The molecule has 8 rings (SSSR count). The SMILES string of the molecule is O=c1n2c(=O)n3c(=O)n1CCN(Cc1ccccc1)CCn1c(=O)n(c(=O)n(c1=O)CCN(Cc1ccccc1)CC3)CCN(Cc1ccccc1)CC2. The zero-order chi connectivity index (χ0) is 37.6. The van der Waals surface area contributed by atoms with Crippen molar-refractivity contribution in [2.24, 2.45) is 0 Å². The van der Waals surface area contributed by atoms with Crippen molar-refractivity contribution in [2.45, 2.75) is 58.9 Å². The smallest absolute Gasteiger partial charge is 0.296 e. The summed E-state index contributed by atoms with van der Waals surface area (Å²) in [6.07, 6.45) is 0. The molecule has 0 aliphatic carbocycles. The van der Waals surface area contributed by atoms with Crippen LogP contribution in [0.3, 0.4) is 0 Å². The predicted molar refractivity (Wildman–Crippen MR) is 204 cm³/mol. The molecule has 0 atom stereocenters. The van der Waals surface area contributed by atoms with Crippen LogP contribution < -0.4 is 34.1 Å². The van der Waals surface area contributed by atoms with Gasteiger partial charge < -0.3 is 0 Å². The molecule has 0 fully saturated rings. The van der Waals surface area contributed by atoms with Gasteiger partial charge in [-0.25, -0.2) is 56.2 Å². The van der Waals surface area contributed by atoms with Gasteiger partial charge in [0, 0.05) is 98.2 Å². The van der Waals surface area contributed by atoms with E-state index in [-0.39, 0.29) is 78.5 Å². The van der Waals surface area contributed by atoms with Crippen molar-refractivity contribution in [3.05, 3.63) is 171 Å². The fourth-order valence-electron chi connectivity index (χ4n) is 7.30. The van der Waals surface area contributed by atoms with E-state index in [1.807, 2.05) is 106 Å². The van der Waals surface area contributed by atoms with Crippen LogP contribution in [0.15, 0.2) is 120 Å². The van der Waals surface area contributed by atoms with Gasteiger partial charge in [0.25, 0.3) is 0 Å². The Labute approximate surface area is 310 Å². The van der Waals surface area contributed by atoms with Gasteiger partial charge in [-0.2, -0.15) is 0 Å². The number of fused-ring (bicyclic) bond motifs is 12. The van der Waals surface area contributed by atoms with Crippen LogP contribution in [-0.4, -0.2) is 81.4 Å². The maximum atomic E-state index is 14.1. The lowest BCUT2D eigenvalue weighted by Gasteiger charge is -2.27. The molecule has 282 valence electrons. The average molecular weight is 736 g/mol. The molecule has 0 radical (unpaired) electrons. The first kappa shape index (κ1) is 36.7. The Morgan fingerprint density at radius 3 is 0.648 bits per heavy atom. The van der Waals surface area contributed by atoms with E-state index in [1.165, 1.54) is 0 Å². The Morgan fingerprint density at radius 2 is 0.463 bits per heavy atom. The van der Waals surface area contributed by atoms with E-state index in [9.17, 15) is 28.8 Å². The Balaban J connectivity index is 1.39. The molecular weight excluding hydrogens is 690 g/mol. The van der Waals surface area contributed by atoms with Crippen LogP contribution in [0.4, 0.5) is 0 Å². The lowest BCUT2D eigenvalue weighted by molar-refractivity contribution is 0.205. The zero-order valence-electron chi connectivity index (χ0n) is 30.2. The summed E-state index contributed by atoms with van der Waals surface area (Å²) < 4.78 is 6.83. The van der Waals surface area contributed by atoms with Gasteiger partial charge in [-0.1, -0.05) is 91.0 Å². The van der Waals surface area contributed by atoms with Crippen molar-refractivity contribution in [3.63, 3.8) is 0 Å². The fraction of sp³-hybridized carbons (Fsp3) is 0.385. The molecular formula is C39H45N9O6. The lowest BCUT2D eigenvalue weighted by Crippen LogP contribution is -2.58. The van der Waals surface area contributed by atoms with E-state index in [4.69, 9.17) is 0 Å². The minimum absolute atomic E-state index is 0.0229. The third-order valence-corrected chi connectivity index (χ3v) is 10.4. The second-order valence-electron chi connectivity index (χ2n) is 13.9. The Kier molecular flexibility index (Phi) is 11.3. The molecule has 2 aromatic heterocycles. The van der Waals surface area contributed by atoms with Gasteiger partial charge in [-0.3, -0.25) is 14.7 Å². The molecule has 0 spiro atoms. The molecule has 5 heterocycles. The van der Waals surface area contributed by atoms with Gasteiger partial charge >= 0.3 is 34.1 Å². The highest BCUT2D eigenvalue weighted by molar-refractivity contribution is 5.16. The number of nitrogens with zero attached hydrogens (tertiary/aromatic N) is 9. The zero-order valence-corrected chi connectivity index (χ0v) is 30.2. The largest absolute Gasteiger partial charge is 0.336 e. The summed E-state index contributed by atoms with van der Waals surface area (Å²) in [6.45, 7) is 2.38. The standard InChI is InChI=1S/C39H45N9O6/c49-34-43-22-16-40(28-31-10-4-1-5-11-31)17-23-44-35(50)46-25-19-41(29-32-12-6-2-7-13-32)18-24-45(34)38(53)47(36(43)51)26-20-42(30-33-14-8-3-9-15-33)21-27-48(37(44)52)39(46)54/h1-15H,16-30H2. The highest BCUT2D eigenvalue weighted by Crippen LogP contribution is 2.08. The first-order valence-electron chi connectivity index (χ1n) is 18.4. The number of hydrogen-bond acceptors (Lipinski definition) is 9. The highest BCUT2D eigenvalue weighted by atomic mass is 16.2. The second-order valence-corrected chi connectivity index (χ2v) is 13.9. The molecule has 0 N–H and O–H groups in total. The van der Waals surface area contributed by atoms with E-state index >= 15 is 0 Å². The highest BCUT2D eigenvalue weighted by Gasteiger charge is 2.23. The molecule has 0 saturated heterocycles. The van der Waals surface area contributed by atoms with Crippen LogP contribution in [0.25, 0.3) is 0 Å². The molecule has 54 heavy (non-hydrogen) atoms. The minimum atomic E-state index is -0.685. The molecule has 0 unspecified atom stereocenters. The maximum absolute atomic E-state index is 14.1.